The van der Waals surface area contributed by atoms with Crippen LogP contribution in [0.15, 0.2) is 29.2 Å². The lowest BCUT2D eigenvalue weighted by Gasteiger charge is -2.27. The van der Waals surface area contributed by atoms with Crippen LogP contribution >= 0.6 is 0 Å². The molecule has 0 fully saturated rings. The first-order valence-electron chi connectivity index (χ1n) is 7.89. The van der Waals surface area contributed by atoms with Crippen LogP contribution in [-0.2, 0) is 19.6 Å². The molecule has 0 radical (unpaired) electrons. The molecule has 0 aliphatic rings. The Morgan fingerprint density at radius 3 is 2.17 bits per heavy atom. The van der Waals surface area contributed by atoms with E-state index in [0.29, 0.717) is 12.2 Å². The minimum Gasteiger partial charge on any atom is -0.497 e. The molecule has 2 atom stereocenters. The lowest BCUT2D eigenvalue weighted by atomic mass is 10.00. The monoisotopic (exact) mass is 357 g/mol. The van der Waals surface area contributed by atoms with E-state index in [1.807, 2.05) is 13.8 Å². The van der Waals surface area contributed by atoms with Gasteiger partial charge in [-0.3, -0.25) is 4.79 Å². The average molecular weight is 357 g/mol. The molecular formula is C17H27NO5S. The Labute approximate surface area is 144 Å². The summed E-state index contributed by atoms with van der Waals surface area (Å²) in [6, 6.07) is 5.04. The Kier molecular flexibility index (Phi) is 6.80. The number of nitrogens with one attached hydrogen (secondary N) is 1. The highest BCUT2D eigenvalue weighted by Crippen LogP contribution is 2.19. The zero-order valence-corrected chi connectivity index (χ0v) is 15.9. The number of carbonyl (C=O) groups is 1. The van der Waals surface area contributed by atoms with Crippen LogP contribution in [0.4, 0.5) is 0 Å². The van der Waals surface area contributed by atoms with Crippen LogP contribution in [0.2, 0.25) is 0 Å². The van der Waals surface area contributed by atoms with Crippen molar-refractivity contribution in [3.8, 4) is 5.75 Å². The van der Waals surface area contributed by atoms with Gasteiger partial charge in [-0.2, -0.15) is 4.72 Å². The third-order valence-corrected chi connectivity index (χ3v) is 4.98. The van der Waals surface area contributed by atoms with Crippen LogP contribution in [0, 0.1) is 5.92 Å². The van der Waals surface area contributed by atoms with Gasteiger partial charge in [-0.25, -0.2) is 8.42 Å². The Bertz CT molecular complexity index is 647. The number of carbonyl (C=O) groups excluding carboxylic acids is 1. The van der Waals surface area contributed by atoms with Crippen LogP contribution < -0.4 is 9.46 Å². The minimum atomic E-state index is -3.85. The summed E-state index contributed by atoms with van der Waals surface area (Å²) >= 11 is 0. The van der Waals surface area contributed by atoms with Gasteiger partial charge in [-0.05, 0) is 51.0 Å². The van der Waals surface area contributed by atoms with Crippen LogP contribution in [-0.4, -0.2) is 33.1 Å². The fraction of sp³-hybridized carbons (Fsp3) is 0.588. The van der Waals surface area contributed by atoms with Crippen molar-refractivity contribution >= 4 is 16.0 Å². The molecule has 1 aromatic carbocycles. The molecule has 0 heterocycles. The molecular weight excluding hydrogens is 330 g/mol. The molecule has 1 aromatic rings. The summed E-state index contributed by atoms with van der Waals surface area (Å²) < 4.78 is 38.0. The van der Waals surface area contributed by atoms with Crippen molar-refractivity contribution in [2.75, 3.05) is 7.11 Å². The van der Waals surface area contributed by atoms with E-state index in [1.165, 1.54) is 19.2 Å². The van der Waals surface area contributed by atoms with E-state index in [-0.39, 0.29) is 10.8 Å². The third-order valence-electron chi connectivity index (χ3n) is 3.53. The fourth-order valence-electron chi connectivity index (χ4n) is 1.99. The normalized spacial score (nSPS) is 14.8. The van der Waals surface area contributed by atoms with Crippen LogP contribution in [0.3, 0.4) is 0 Å². The summed E-state index contributed by atoms with van der Waals surface area (Å²) in [6.45, 7) is 8.94. The minimum absolute atomic E-state index is 0.0696. The Hall–Kier alpha value is -1.60. The van der Waals surface area contributed by atoms with Crippen molar-refractivity contribution in [3.63, 3.8) is 0 Å². The number of hydrogen-bond donors (Lipinski definition) is 1. The van der Waals surface area contributed by atoms with Crippen LogP contribution in [0.5, 0.6) is 5.75 Å². The number of ether oxygens (including phenoxy) is 2. The molecule has 0 aliphatic heterocycles. The van der Waals surface area contributed by atoms with Gasteiger partial charge in [0.05, 0.1) is 12.0 Å². The van der Waals surface area contributed by atoms with E-state index in [2.05, 4.69) is 4.72 Å². The van der Waals surface area contributed by atoms with Crippen molar-refractivity contribution in [1.82, 2.24) is 4.72 Å². The largest absolute Gasteiger partial charge is 0.497 e. The van der Waals surface area contributed by atoms with Gasteiger partial charge in [-0.1, -0.05) is 20.3 Å². The number of methoxy groups -OCH3 is 1. The summed E-state index contributed by atoms with van der Waals surface area (Å²) in [5.41, 5.74) is -0.686. The van der Waals surface area contributed by atoms with E-state index in [9.17, 15) is 13.2 Å². The van der Waals surface area contributed by atoms with Gasteiger partial charge in [-0.15, -0.1) is 0 Å². The van der Waals surface area contributed by atoms with E-state index in [4.69, 9.17) is 9.47 Å². The number of sulfonamides is 1. The van der Waals surface area contributed by atoms with Crippen molar-refractivity contribution in [2.24, 2.45) is 5.92 Å². The summed E-state index contributed by atoms with van der Waals surface area (Å²) in [7, 11) is -2.34. The third kappa shape index (κ3) is 5.79. The number of benzene rings is 1. The van der Waals surface area contributed by atoms with E-state index >= 15 is 0 Å². The SMILES string of the molecule is CC[C@H](C)[C@H](NS(=O)(=O)c1ccc(OC)cc1)C(=O)OC(C)(C)C. The predicted octanol–water partition coefficient (Wildman–Crippen LogP) is 2.73. The molecule has 136 valence electrons. The van der Waals surface area contributed by atoms with E-state index in [1.54, 1.807) is 32.9 Å². The van der Waals surface area contributed by atoms with Gasteiger partial charge in [0.15, 0.2) is 0 Å². The molecule has 0 saturated carbocycles. The first kappa shape index (κ1) is 20.4. The highest BCUT2D eigenvalue weighted by molar-refractivity contribution is 7.89. The second-order valence-electron chi connectivity index (χ2n) is 6.69. The zero-order chi connectivity index (χ0) is 18.5. The molecule has 6 nitrogen and oxygen atoms in total. The first-order chi connectivity index (χ1) is 11.0. The standard InChI is InChI=1S/C17H27NO5S/c1-7-12(2)15(16(19)23-17(3,4)5)18-24(20,21)14-10-8-13(22-6)9-11-14/h8-12,15,18H,7H2,1-6H3/t12-,15-/m0/s1. The molecule has 0 unspecified atom stereocenters. The van der Waals surface area contributed by atoms with E-state index in [0.717, 1.165) is 0 Å². The maximum Gasteiger partial charge on any atom is 0.324 e. The topological polar surface area (TPSA) is 81.7 Å². The fourth-order valence-corrected chi connectivity index (χ4v) is 3.28. The van der Waals surface area contributed by atoms with Crippen molar-refractivity contribution in [1.29, 1.82) is 0 Å². The molecule has 0 aliphatic carbocycles. The van der Waals surface area contributed by atoms with Crippen molar-refractivity contribution < 1.29 is 22.7 Å². The highest BCUT2D eigenvalue weighted by atomic mass is 32.2. The second-order valence-corrected chi connectivity index (χ2v) is 8.41. The molecule has 1 N–H and O–H groups in total. The molecule has 0 saturated heterocycles. The Morgan fingerprint density at radius 1 is 1.21 bits per heavy atom. The molecule has 0 aromatic heterocycles. The summed E-state index contributed by atoms with van der Waals surface area (Å²) in [5, 5.41) is 0. The molecule has 0 amide bonds. The molecule has 7 heteroatoms. The van der Waals surface area contributed by atoms with Gasteiger partial charge in [0.1, 0.15) is 17.4 Å². The van der Waals surface area contributed by atoms with Gasteiger partial charge in [0, 0.05) is 0 Å². The number of esters is 1. The quantitative estimate of drug-likeness (QED) is 0.759. The summed E-state index contributed by atoms with van der Waals surface area (Å²) in [6.07, 6.45) is 0.634. The Morgan fingerprint density at radius 2 is 1.75 bits per heavy atom. The maximum atomic E-state index is 12.6. The maximum absolute atomic E-state index is 12.6. The van der Waals surface area contributed by atoms with Gasteiger partial charge in [0.25, 0.3) is 0 Å². The molecule has 1 rings (SSSR count). The molecule has 24 heavy (non-hydrogen) atoms. The predicted molar refractivity (Wildman–Crippen MR) is 92.4 cm³/mol. The highest BCUT2D eigenvalue weighted by Gasteiger charge is 2.33. The lowest BCUT2D eigenvalue weighted by Crippen LogP contribution is -2.47. The van der Waals surface area contributed by atoms with Crippen LogP contribution in [0.25, 0.3) is 0 Å². The Balaban J connectivity index is 3.05. The van der Waals surface area contributed by atoms with E-state index < -0.39 is 27.6 Å². The number of hydrogen-bond acceptors (Lipinski definition) is 5. The summed E-state index contributed by atoms with van der Waals surface area (Å²) in [4.78, 5) is 12.5. The van der Waals surface area contributed by atoms with Gasteiger partial charge in [0.2, 0.25) is 10.0 Å². The zero-order valence-electron chi connectivity index (χ0n) is 15.1. The molecule has 0 bridgehead atoms. The smallest absolute Gasteiger partial charge is 0.324 e. The summed E-state index contributed by atoms with van der Waals surface area (Å²) in [5.74, 6) is -0.221. The average Bonchev–Trinajstić information content (AvgIpc) is 2.50. The van der Waals surface area contributed by atoms with Gasteiger partial charge >= 0.3 is 5.97 Å². The van der Waals surface area contributed by atoms with Crippen molar-refractivity contribution in [3.05, 3.63) is 24.3 Å². The van der Waals surface area contributed by atoms with Crippen molar-refractivity contribution in [2.45, 2.75) is 57.6 Å². The first-order valence-corrected chi connectivity index (χ1v) is 9.37. The lowest BCUT2D eigenvalue weighted by molar-refractivity contribution is -0.158. The van der Waals surface area contributed by atoms with Gasteiger partial charge < -0.3 is 9.47 Å². The van der Waals surface area contributed by atoms with Crippen LogP contribution in [0.1, 0.15) is 41.0 Å². The molecule has 0 spiro atoms. The number of rotatable bonds is 7. The second kappa shape index (κ2) is 7.98.